The Bertz CT molecular complexity index is 837. The van der Waals surface area contributed by atoms with Crippen molar-refractivity contribution in [1.82, 2.24) is 14.9 Å². The van der Waals surface area contributed by atoms with Crippen LogP contribution in [0.3, 0.4) is 0 Å². The maximum atomic E-state index is 12.5. The van der Waals surface area contributed by atoms with Crippen LogP contribution in [0.25, 0.3) is 0 Å². The molecule has 2 heterocycles. The summed E-state index contributed by atoms with van der Waals surface area (Å²) in [6.45, 7) is 5.28. The normalized spacial score (nSPS) is 14.5. The molecule has 2 aromatic rings. The first kappa shape index (κ1) is 17.8. The molecule has 0 saturated carbocycles. The highest BCUT2D eigenvalue weighted by Crippen LogP contribution is 2.18. The van der Waals surface area contributed by atoms with Crippen LogP contribution < -0.4 is 9.64 Å². The van der Waals surface area contributed by atoms with Gasteiger partial charge in [-0.25, -0.2) is 9.97 Å². The maximum absolute atomic E-state index is 12.5. The number of ether oxygens (including phenoxy) is 1. The molecule has 0 spiro atoms. The van der Waals surface area contributed by atoms with Crippen LogP contribution in [0.1, 0.15) is 28.5 Å². The Morgan fingerprint density at radius 2 is 2.12 bits per heavy atom. The number of methoxy groups -OCH3 is 1. The van der Waals surface area contributed by atoms with Crippen LogP contribution in [0, 0.1) is 6.92 Å². The molecule has 0 atom stereocenters. The van der Waals surface area contributed by atoms with Gasteiger partial charge in [0.05, 0.1) is 18.4 Å². The molecule has 3 rings (SSSR count). The van der Waals surface area contributed by atoms with E-state index >= 15 is 0 Å². The van der Waals surface area contributed by atoms with E-state index in [4.69, 9.17) is 4.74 Å². The van der Waals surface area contributed by atoms with E-state index in [0.29, 0.717) is 36.8 Å². The summed E-state index contributed by atoms with van der Waals surface area (Å²) < 4.78 is 5.23. The molecule has 136 valence electrons. The number of anilines is 1. The average Bonchev–Trinajstić information content (AvgIpc) is 2.63. The molecule has 7 heteroatoms. The lowest BCUT2D eigenvalue weighted by atomic mass is 10.1. The fourth-order valence-electron chi connectivity index (χ4n) is 2.99. The smallest absolute Gasteiger partial charge is 0.242 e. The van der Waals surface area contributed by atoms with Gasteiger partial charge < -0.3 is 14.5 Å². The highest BCUT2D eigenvalue weighted by molar-refractivity contribution is 5.94. The molecule has 0 N–H and O–H groups in total. The number of carbonyl (C=O) groups excluding carboxylic acids is 2. The third-order valence-corrected chi connectivity index (χ3v) is 4.45. The van der Waals surface area contributed by atoms with Crippen LogP contribution in [-0.2, 0) is 11.3 Å². The minimum Gasteiger partial charge on any atom is -0.497 e. The van der Waals surface area contributed by atoms with Gasteiger partial charge in [0.25, 0.3) is 0 Å². The molecule has 0 aliphatic carbocycles. The molecule has 1 aromatic heterocycles. The monoisotopic (exact) mass is 354 g/mol. The largest absolute Gasteiger partial charge is 0.497 e. The minimum atomic E-state index is -0.0618. The van der Waals surface area contributed by atoms with Crippen LogP contribution in [0.2, 0.25) is 0 Å². The van der Waals surface area contributed by atoms with Crippen molar-refractivity contribution in [3.8, 4) is 5.75 Å². The topological polar surface area (TPSA) is 75.6 Å². The number of piperazine rings is 1. The van der Waals surface area contributed by atoms with E-state index in [1.807, 2.05) is 34.1 Å². The van der Waals surface area contributed by atoms with Gasteiger partial charge in [-0.3, -0.25) is 9.59 Å². The van der Waals surface area contributed by atoms with E-state index in [0.717, 1.165) is 11.3 Å². The Kier molecular flexibility index (Phi) is 5.16. The van der Waals surface area contributed by atoms with Crippen LogP contribution in [-0.4, -0.2) is 53.3 Å². The second-order valence-electron chi connectivity index (χ2n) is 6.31. The number of rotatable bonds is 5. The lowest BCUT2D eigenvalue weighted by Crippen LogP contribution is -2.50. The van der Waals surface area contributed by atoms with E-state index in [1.54, 1.807) is 14.0 Å². The van der Waals surface area contributed by atoms with Gasteiger partial charge in [-0.1, -0.05) is 12.1 Å². The van der Waals surface area contributed by atoms with Gasteiger partial charge in [-0.05, 0) is 31.5 Å². The predicted octanol–water partition coefficient (Wildman–Crippen LogP) is 1.85. The number of Topliss-reactive ketones (excluding diaryl/α,β-unsaturated/α-hetero) is 1. The zero-order valence-electron chi connectivity index (χ0n) is 15.2. The summed E-state index contributed by atoms with van der Waals surface area (Å²) in [5, 5.41) is 0. The zero-order chi connectivity index (χ0) is 18.7. The lowest BCUT2D eigenvalue weighted by molar-refractivity contribution is -0.131. The molecular weight excluding hydrogens is 332 g/mol. The van der Waals surface area contributed by atoms with Crippen molar-refractivity contribution < 1.29 is 14.3 Å². The van der Waals surface area contributed by atoms with Gasteiger partial charge >= 0.3 is 0 Å². The number of nitrogens with zero attached hydrogens (tertiary/aromatic N) is 4. The van der Waals surface area contributed by atoms with Gasteiger partial charge in [0.2, 0.25) is 11.9 Å². The third-order valence-electron chi connectivity index (χ3n) is 4.45. The van der Waals surface area contributed by atoms with E-state index in [9.17, 15) is 9.59 Å². The fourth-order valence-corrected chi connectivity index (χ4v) is 2.99. The van der Waals surface area contributed by atoms with Crippen molar-refractivity contribution in [2.24, 2.45) is 0 Å². The van der Waals surface area contributed by atoms with E-state index in [1.165, 1.54) is 13.1 Å². The lowest BCUT2D eigenvalue weighted by Gasteiger charge is -2.34. The maximum Gasteiger partial charge on any atom is 0.242 e. The van der Waals surface area contributed by atoms with Gasteiger partial charge in [-0.15, -0.1) is 0 Å². The number of hydrogen-bond donors (Lipinski definition) is 0. The van der Waals surface area contributed by atoms with Crippen molar-refractivity contribution in [2.45, 2.75) is 20.4 Å². The second kappa shape index (κ2) is 7.51. The molecule has 1 amide bonds. The molecule has 1 aliphatic rings. The first-order chi connectivity index (χ1) is 12.5. The summed E-state index contributed by atoms with van der Waals surface area (Å²) in [5.41, 5.74) is 2.18. The van der Waals surface area contributed by atoms with Gasteiger partial charge in [0.15, 0.2) is 5.78 Å². The van der Waals surface area contributed by atoms with Crippen molar-refractivity contribution >= 4 is 17.6 Å². The Morgan fingerprint density at radius 3 is 2.77 bits per heavy atom. The number of carbonyl (C=O) groups is 2. The number of hydrogen-bond acceptors (Lipinski definition) is 6. The fraction of sp³-hybridized carbons (Fsp3) is 0.368. The van der Waals surface area contributed by atoms with E-state index in [-0.39, 0.29) is 18.2 Å². The van der Waals surface area contributed by atoms with Gasteiger partial charge in [0, 0.05) is 25.8 Å². The number of amides is 1. The first-order valence-corrected chi connectivity index (χ1v) is 8.48. The zero-order valence-corrected chi connectivity index (χ0v) is 15.2. The molecule has 1 saturated heterocycles. The predicted molar refractivity (Wildman–Crippen MR) is 97.4 cm³/mol. The van der Waals surface area contributed by atoms with Crippen molar-refractivity contribution in [3.63, 3.8) is 0 Å². The van der Waals surface area contributed by atoms with Crippen LogP contribution in [0.15, 0.2) is 30.5 Å². The van der Waals surface area contributed by atoms with Crippen molar-refractivity contribution in [2.75, 3.05) is 31.6 Å². The van der Waals surface area contributed by atoms with Gasteiger partial charge in [0.1, 0.15) is 12.3 Å². The SMILES string of the molecule is COc1cccc(CN2CCN(c3ncc(C(C)=O)c(C)n3)CC2=O)c1. The highest BCUT2D eigenvalue weighted by atomic mass is 16.5. The van der Waals surface area contributed by atoms with E-state index in [2.05, 4.69) is 9.97 Å². The summed E-state index contributed by atoms with van der Waals surface area (Å²) in [6, 6.07) is 7.72. The molecule has 1 fully saturated rings. The molecule has 1 aliphatic heterocycles. The van der Waals surface area contributed by atoms with Crippen LogP contribution in [0.4, 0.5) is 5.95 Å². The molecule has 26 heavy (non-hydrogen) atoms. The summed E-state index contributed by atoms with van der Waals surface area (Å²) in [5.74, 6) is 1.23. The number of aromatic nitrogens is 2. The summed E-state index contributed by atoms with van der Waals surface area (Å²) >= 11 is 0. The molecule has 0 radical (unpaired) electrons. The van der Waals surface area contributed by atoms with Crippen molar-refractivity contribution in [3.05, 3.63) is 47.3 Å². The Hall–Kier alpha value is -2.96. The Morgan fingerprint density at radius 1 is 1.31 bits per heavy atom. The molecule has 1 aromatic carbocycles. The summed E-state index contributed by atoms with van der Waals surface area (Å²) in [6.07, 6.45) is 1.53. The molecule has 0 unspecified atom stereocenters. The quantitative estimate of drug-likeness (QED) is 0.763. The average molecular weight is 354 g/mol. The van der Waals surface area contributed by atoms with Crippen LogP contribution >= 0.6 is 0 Å². The third kappa shape index (κ3) is 3.82. The Balaban J connectivity index is 1.67. The highest BCUT2D eigenvalue weighted by Gasteiger charge is 2.26. The standard InChI is InChI=1S/C19H22N4O3/c1-13-17(14(2)24)10-20-19(21-13)23-8-7-22(18(25)12-23)11-15-5-4-6-16(9-15)26-3/h4-6,9-10H,7-8,11-12H2,1-3H3. The second-order valence-corrected chi connectivity index (χ2v) is 6.31. The van der Waals surface area contributed by atoms with Crippen LogP contribution in [0.5, 0.6) is 5.75 Å². The van der Waals surface area contributed by atoms with Gasteiger partial charge in [-0.2, -0.15) is 0 Å². The minimum absolute atomic E-state index is 0.0240. The Labute approximate surface area is 152 Å². The number of ketones is 1. The first-order valence-electron chi connectivity index (χ1n) is 8.48. The molecule has 0 bridgehead atoms. The number of aryl methyl sites for hydroxylation is 1. The van der Waals surface area contributed by atoms with Crippen molar-refractivity contribution in [1.29, 1.82) is 0 Å². The molecular formula is C19H22N4O3. The summed E-state index contributed by atoms with van der Waals surface area (Å²) in [7, 11) is 1.63. The number of benzene rings is 1. The van der Waals surface area contributed by atoms with E-state index < -0.39 is 0 Å². The molecule has 7 nitrogen and oxygen atoms in total. The summed E-state index contributed by atoms with van der Waals surface area (Å²) in [4.78, 5) is 36.4.